The first-order valence-electron chi connectivity index (χ1n) is 6.84. The first-order chi connectivity index (χ1) is 11.1. The number of primary amides is 1. The normalized spacial score (nSPS) is 10.5. The third-order valence-corrected chi connectivity index (χ3v) is 3.25. The fourth-order valence-electron chi connectivity index (χ4n) is 1.73. The lowest BCUT2D eigenvalue weighted by atomic mass is 10.2. The summed E-state index contributed by atoms with van der Waals surface area (Å²) in [7, 11) is 0. The molecule has 0 fully saturated rings. The Morgan fingerprint density at radius 1 is 1.13 bits per heavy atom. The molecule has 0 unspecified atom stereocenters. The summed E-state index contributed by atoms with van der Waals surface area (Å²) >= 11 is 3.37. The Morgan fingerprint density at radius 2 is 1.83 bits per heavy atom. The molecule has 0 aliphatic rings. The molecule has 0 saturated carbocycles. The third-order valence-electron chi connectivity index (χ3n) is 2.72. The fraction of sp³-hybridized carbons (Fsp3) is 0.125. The molecule has 3 N–H and O–H groups in total. The molecular formula is C16H16BrN3O3. The summed E-state index contributed by atoms with van der Waals surface area (Å²) < 4.78 is 12.3. The summed E-state index contributed by atoms with van der Waals surface area (Å²) in [6.45, 7) is 0.789. The van der Waals surface area contributed by atoms with Gasteiger partial charge in [-0.1, -0.05) is 28.1 Å². The molecule has 0 radical (unpaired) electrons. The maximum absolute atomic E-state index is 10.6. The monoisotopic (exact) mass is 377 g/mol. The van der Waals surface area contributed by atoms with Crippen molar-refractivity contribution in [1.29, 1.82) is 0 Å². The van der Waals surface area contributed by atoms with Crippen LogP contribution in [0.2, 0.25) is 0 Å². The lowest BCUT2D eigenvalue weighted by Gasteiger charge is -2.10. The molecular weight excluding hydrogens is 362 g/mol. The van der Waals surface area contributed by atoms with Gasteiger partial charge in [0.25, 0.3) is 0 Å². The van der Waals surface area contributed by atoms with Crippen LogP contribution in [0.4, 0.5) is 4.79 Å². The van der Waals surface area contributed by atoms with E-state index >= 15 is 0 Å². The van der Waals surface area contributed by atoms with E-state index < -0.39 is 6.03 Å². The van der Waals surface area contributed by atoms with Gasteiger partial charge < -0.3 is 15.2 Å². The van der Waals surface area contributed by atoms with Crippen LogP contribution < -0.4 is 20.6 Å². The van der Waals surface area contributed by atoms with Gasteiger partial charge in [-0.3, -0.25) is 0 Å². The van der Waals surface area contributed by atoms with Crippen LogP contribution in [0.3, 0.4) is 0 Å². The van der Waals surface area contributed by atoms with E-state index in [-0.39, 0.29) is 0 Å². The molecule has 0 bridgehead atoms. The van der Waals surface area contributed by atoms with E-state index in [1.807, 2.05) is 48.5 Å². The Labute approximate surface area is 142 Å². The van der Waals surface area contributed by atoms with Crippen molar-refractivity contribution < 1.29 is 14.3 Å². The number of nitrogens with two attached hydrogens (primary N) is 1. The summed E-state index contributed by atoms with van der Waals surface area (Å²) in [5.41, 5.74) is 7.81. The topological polar surface area (TPSA) is 85.9 Å². The molecule has 0 aliphatic carbocycles. The van der Waals surface area contributed by atoms with E-state index in [1.54, 1.807) is 0 Å². The number of urea groups is 1. The van der Waals surface area contributed by atoms with Crippen LogP contribution in [-0.2, 0) is 0 Å². The second-order valence-corrected chi connectivity index (χ2v) is 5.34. The standard InChI is InChI=1S/C16H16BrN3O3/c17-13-5-7-14(8-6-13)22-9-10-23-15-4-2-1-3-12(15)11-19-20-16(18)21/h1-8,11H,9-10H2,(H3,18,20,21)/b19-11-. The van der Waals surface area contributed by atoms with Crippen molar-refractivity contribution >= 4 is 28.2 Å². The molecule has 7 heteroatoms. The number of para-hydroxylation sites is 1. The second-order valence-electron chi connectivity index (χ2n) is 4.42. The Balaban J connectivity index is 1.84. The molecule has 0 spiro atoms. The number of carbonyl (C=O) groups is 1. The second kappa shape index (κ2) is 8.79. The van der Waals surface area contributed by atoms with E-state index in [4.69, 9.17) is 15.2 Å². The van der Waals surface area contributed by atoms with E-state index in [1.165, 1.54) is 6.21 Å². The van der Waals surface area contributed by atoms with Gasteiger partial charge in [-0.25, -0.2) is 10.2 Å². The van der Waals surface area contributed by atoms with Crippen LogP contribution in [0.25, 0.3) is 0 Å². The van der Waals surface area contributed by atoms with Crippen molar-refractivity contribution in [2.24, 2.45) is 10.8 Å². The minimum absolute atomic E-state index is 0.379. The number of hydrogen-bond donors (Lipinski definition) is 2. The molecule has 0 atom stereocenters. The molecule has 23 heavy (non-hydrogen) atoms. The van der Waals surface area contributed by atoms with Gasteiger partial charge in [0.1, 0.15) is 24.7 Å². The zero-order chi connectivity index (χ0) is 16.5. The minimum atomic E-state index is -0.720. The summed E-state index contributed by atoms with van der Waals surface area (Å²) in [6.07, 6.45) is 1.47. The van der Waals surface area contributed by atoms with E-state index in [0.29, 0.717) is 19.0 Å². The first kappa shape index (κ1) is 16.8. The number of nitrogens with zero attached hydrogens (tertiary/aromatic N) is 1. The van der Waals surface area contributed by atoms with Gasteiger partial charge in [-0.05, 0) is 36.4 Å². The highest BCUT2D eigenvalue weighted by Crippen LogP contribution is 2.17. The molecule has 2 aromatic carbocycles. The molecule has 0 aromatic heterocycles. The quantitative estimate of drug-likeness (QED) is 0.441. The lowest BCUT2D eigenvalue weighted by Crippen LogP contribution is -2.24. The van der Waals surface area contributed by atoms with Crippen molar-refractivity contribution in [2.75, 3.05) is 13.2 Å². The SMILES string of the molecule is NC(=O)N/N=C\c1ccccc1OCCOc1ccc(Br)cc1. The van der Waals surface area contributed by atoms with E-state index in [0.717, 1.165) is 15.8 Å². The average Bonchev–Trinajstić information content (AvgIpc) is 2.54. The summed E-state index contributed by atoms with van der Waals surface area (Å²) in [6, 6.07) is 14.2. The van der Waals surface area contributed by atoms with Gasteiger partial charge in [0.2, 0.25) is 0 Å². The van der Waals surface area contributed by atoms with Crippen molar-refractivity contribution in [2.45, 2.75) is 0 Å². The maximum Gasteiger partial charge on any atom is 0.332 e. The zero-order valence-electron chi connectivity index (χ0n) is 12.2. The van der Waals surface area contributed by atoms with Gasteiger partial charge in [-0.2, -0.15) is 5.10 Å². The predicted octanol–water partition coefficient (Wildman–Crippen LogP) is 2.91. The van der Waals surface area contributed by atoms with Crippen molar-refractivity contribution in [3.63, 3.8) is 0 Å². The molecule has 0 heterocycles. The molecule has 0 aliphatic heterocycles. The summed E-state index contributed by atoms with van der Waals surface area (Å²) in [5, 5.41) is 3.72. The van der Waals surface area contributed by atoms with Crippen LogP contribution in [0.15, 0.2) is 58.1 Å². The number of hydrogen-bond acceptors (Lipinski definition) is 4. The number of amides is 2. The number of hydrazone groups is 1. The number of carbonyl (C=O) groups excluding carboxylic acids is 1. The summed E-state index contributed by atoms with van der Waals surface area (Å²) in [4.78, 5) is 10.6. The van der Waals surface area contributed by atoms with Gasteiger partial charge in [-0.15, -0.1) is 0 Å². The van der Waals surface area contributed by atoms with Gasteiger partial charge in [0.15, 0.2) is 0 Å². The van der Waals surface area contributed by atoms with Crippen LogP contribution in [0.1, 0.15) is 5.56 Å². The van der Waals surface area contributed by atoms with Crippen molar-refractivity contribution in [1.82, 2.24) is 5.43 Å². The number of ether oxygens (including phenoxy) is 2. The number of rotatable bonds is 7. The van der Waals surface area contributed by atoms with Gasteiger partial charge in [0.05, 0.1) is 6.21 Å². The average molecular weight is 378 g/mol. The van der Waals surface area contributed by atoms with E-state index in [2.05, 4.69) is 26.5 Å². The Morgan fingerprint density at radius 3 is 2.57 bits per heavy atom. The number of nitrogens with one attached hydrogen (secondary N) is 1. The van der Waals surface area contributed by atoms with Gasteiger partial charge >= 0.3 is 6.03 Å². The molecule has 0 saturated heterocycles. The molecule has 2 rings (SSSR count). The number of halogens is 1. The summed E-state index contributed by atoms with van der Waals surface area (Å²) in [5.74, 6) is 1.42. The molecule has 2 aromatic rings. The molecule has 120 valence electrons. The third kappa shape index (κ3) is 5.99. The van der Waals surface area contributed by atoms with Gasteiger partial charge in [0, 0.05) is 10.0 Å². The van der Waals surface area contributed by atoms with Crippen LogP contribution in [-0.4, -0.2) is 25.5 Å². The van der Waals surface area contributed by atoms with Crippen molar-refractivity contribution in [3.05, 3.63) is 58.6 Å². The highest BCUT2D eigenvalue weighted by atomic mass is 79.9. The Kier molecular flexibility index (Phi) is 6.43. The molecule has 6 nitrogen and oxygen atoms in total. The predicted molar refractivity (Wildman–Crippen MR) is 91.9 cm³/mol. The largest absolute Gasteiger partial charge is 0.490 e. The fourth-order valence-corrected chi connectivity index (χ4v) is 1.99. The highest BCUT2D eigenvalue weighted by molar-refractivity contribution is 9.10. The Hall–Kier alpha value is -2.54. The molecule has 2 amide bonds. The first-order valence-corrected chi connectivity index (χ1v) is 7.63. The van der Waals surface area contributed by atoms with Crippen LogP contribution in [0.5, 0.6) is 11.5 Å². The smallest absolute Gasteiger partial charge is 0.332 e. The highest BCUT2D eigenvalue weighted by Gasteiger charge is 2.01. The van der Waals surface area contributed by atoms with Crippen molar-refractivity contribution in [3.8, 4) is 11.5 Å². The van der Waals surface area contributed by atoms with Crippen LogP contribution >= 0.6 is 15.9 Å². The maximum atomic E-state index is 10.6. The lowest BCUT2D eigenvalue weighted by molar-refractivity contribution is 0.217. The zero-order valence-corrected chi connectivity index (χ0v) is 13.8. The van der Waals surface area contributed by atoms with Crippen LogP contribution in [0, 0.1) is 0 Å². The minimum Gasteiger partial charge on any atom is -0.490 e. The van der Waals surface area contributed by atoms with E-state index in [9.17, 15) is 4.79 Å². The Bertz CT molecular complexity index is 675. The number of benzene rings is 2.